The van der Waals surface area contributed by atoms with Crippen LogP contribution in [0.2, 0.25) is 0 Å². The fraction of sp³-hybridized carbons (Fsp3) is 0.684. The Morgan fingerprint density at radius 1 is 1.22 bits per heavy atom. The normalized spacial score (nSPS) is 18.7. The van der Waals surface area contributed by atoms with E-state index in [4.69, 9.17) is 4.74 Å². The molecule has 1 aliphatic carbocycles. The van der Waals surface area contributed by atoms with Gasteiger partial charge in [0, 0.05) is 12.5 Å². The van der Waals surface area contributed by atoms with E-state index in [1.165, 1.54) is 6.08 Å². The van der Waals surface area contributed by atoms with Crippen LogP contribution < -0.4 is 5.32 Å². The molecule has 1 N–H and O–H groups in total. The third-order valence-electron chi connectivity index (χ3n) is 4.30. The molecule has 4 heteroatoms. The fourth-order valence-electron chi connectivity index (χ4n) is 2.93. The van der Waals surface area contributed by atoms with Gasteiger partial charge in [-0.3, -0.25) is 9.59 Å². The highest BCUT2D eigenvalue weighted by atomic mass is 16.5. The van der Waals surface area contributed by atoms with Crippen molar-refractivity contribution in [1.82, 2.24) is 5.32 Å². The van der Waals surface area contributed by atoms with Crippen LogP contribution in [0.1, 0.15) is 53.4 Å². The van der Waals surface area contributed by atoms with E-state index in [2.05, 4.69) is 5.32 Å². The maximum atomic E-state index is 12.2. The minimum Gasteiger partial charge on any atom is -0.461 e. The Kier molecular flexibility index (Phi) is 8.67. The van der Waals surface area contributed by atoms with Crippen LogP contribution in [-0.2, 0) is 14.3 Å². The van der Waals surface area contributed by atoms with Crippen LogP contribution in [0.15, 0.2) is 24.3 Å². The molecule has 0 aromatic rings. The second-order valence-electron chi connectivity index (χ2n) is 6.66. The van der Waals surface area contributed by atoms with Crippen molar-refractivity contribution < 1.29 is 14.3 Å². The van der Waals surface area contributed by atoms with Crippen LogP contribution in [0.3, 0.4) is 0 Å². The number of nitrogens with one attached hydrogen (secondary N) is 1. The van der Waals surface area contributed by atoms with E-state index in [0.29, 0.717) is 6.54 Å². The monoisotopic (exact) mass is 321 g/mol. The first-order valence-corrected chi connectivity index (χ1v) is 8.73. The predicted molar refractivity (Wildman–Crippen MR) is 92.8 cm³/mol. The summed E-state index contributed by atoms with van der Waals surface area (Å²) < 4.78 is 5.76. The van der Waals surface area contributed by atoms with E-state index < -0.39 is 0 Å². The molecule has 23 heavy (non-hydrogen) atoms. The Labute approximate surface area is 140 Å². The van der Waals surface area contributed by atoms with Crippen LogP contribution in [0.25, 0.3) is 0 Å². The second kappa shape index (κ2) is 10.2. The summed E-state index contributed by atoms with van der Waals surface area (Å²) in [6, 6.07) is 0. The number of hydrogen-bond donors (Lipinski definition) is 1. The highest BCUT2D eigenvalue weighted by molar-refractivity contribution is 5.87. The van der Waals surface area contributed by atoms with Gasteiger partial charge in [0.05, 0.1) is 5.92 Å². The molecule has 1 amide bonds. The van der Waals surface area contributed by atoms with Crippen LogP contribution >= 0.6 is 0 Å². The fourth-order valence-corrected chi connectivity index (χ4v) is 2.93. The number of hydrogen-bond acceptors (Lipinski definition) is 3. The first kappa shape index (κ1) is 19.5. The lowest BCUT2D eigenvalue weighted by Crippen LogP contribution is -2.32. The lowest BCUT2D eigenvalue weighted by Gasteiger charge is -2.27. The molecule has 0 saturated heterocycles. The van der Waals surface area contributed by atoms with Gasteiger partial charge in [0.1, 0.15) is 6.10 Å². The van der Waals surface area contributed by atoms with Gasteiger partial charge >= 0.3 is 5.97 Å². The summed E-state index contributed by atoms with van der Waals surface area (Å²) in [4.78, 5) is 24.0. The minimum absolute atomic E-state index is 0.00724. The molecule has 2 atom stereocenters. The average Bonchev–Trinajstić information content (AvgIpc) is 3.04. The average molecular weight is 321 g/mol. The molecule has 0 spiro atoms. The lowest BCUT2D eigenvalue weighted by atomic mass is 9.94. The third kappa shape index (κ3) is 7.02. The van der Waals surface area contributed by atoms with Crippen molar-refractivity contribution in [2.45, 2.75) is 59.5 Å². The van der Waals surface area contributed by atoms with Gasteiger partial charge in [-0.15, -0.1) is 0 Å². The molecular formula is C19H31NO3. The van der Waals surface area contributed by atoms with Crippen molar-refractivity contribution in [3.05, 3.63) is 24.3 Å². The number of rotatable bonds is 8. The van der Waals surface area contributed by atoms with E-state index >= 15 is 0 Å². The largest absolute Gasteiger partial charge is 0.461 e. The Balaban J connectivity index is 2.54. The quantitative estimate of drug-likeness (QED) is 0.422. The van der Waals surface area contributed by atoms with E-state index in [-0.39, 0.29) is 35.7 Å². The van der Waals surface area contributed by atoms with E-state index in [9.17, 15) is 9.59 Å². The highest BCUT2D eigenvalue weighted by Gasteiger charge is 2.29. The standard InChI is InChI=1S/C19H31NO3/c1-5-6-13-20-17(21)12-11-15(4)18(14(2)3)23-19(22)16-9-7-8-10-16/h5-6,11-12,14-16,18H,7-10,13H2,1-4H3,(H,20,21)/b6-5+,12-11+. The Bertz CT molecular complexity index is 434. The van der Waals surface area contributed by atoms with Gasteiger partial charge in [0.2, 0.25) is 5.91 Å². The van der Waals surface area contributed by atoms with Gasteiger partial charge in [-0.25, -0.2) is 0 Å². The molecule has 1 rings (SSSR count). The molecule has 0 radical (unpaired) electrons. The lowest BCUT2D eigenvalue weighted by molar-refractivity contribution is -0.158. The zero-order valence-corrected chi connectivity index (χ0v) is 14.9. The van der Waals surface area contributed by atoms with Crippen LogP contribution in [0.5, 0.6) is 0 Å². The van der Waals surface area contributed by atoms with E-state index in [1.54, 1.807) is 0 Å². The molecule has 4 nitrogen and oxygen atoms in total. The number of esters is 1. The molecule has 0 aromatic carbocycles. The third-order valence-corrected chi connectivity index (χ3v) is 4.30. The van der Waals surface area contributed by atoms with Crippen molar-refractivity contribution in [3.8, 4) is 0 Å². The molecular weight excluding hydrogens is 290 g/mol. The molecule has 1 fully saturated rings. The van der Waals surface area contributed by atoms with Gasteiger partial charge in [0.15, 0.2) is 0 Å². The summed E-state index contributed by atoms with van der Waals surface area (Å²) in [6.45, 7) is 8.52. The number of ether oxygens (including phenoxy) is 1. The van der Waals surface area contributed by atoms with Crippen molar-refractivity contribution >= 4 is 11.9 Å². The van der Waals surface area contributed by atoms with Crippen LogP contribution in [0.4, 0.5) is 0 Å². The smallest absolute Gasteiger partial charge is 0.309 e. The summed E-state index contributed by atoms with van der Waals surface area (Å²) >= 11 is 0. The molecule has 130 valence electrons. The molecule has 0 bridgehead atoms. The summed E-state index contributed by atoms with van der Waals surface area (Å²) in [5.41, 5.74) is 0. The van der Waals surface area contributed by atoms with Gasteiger partial charge in [-0.2, -0.15) is 0 Å². The maximum absolute atomic E-state index is 12.2. The number of carbonyl (C=O) groups is 2. The Hall–Kier alpha value is -1.58. The Morgan fingerprint density at radius 3 is 2.43 bits per heavy atom. The first-order chi connectivity index (χ1) is 11.0. The zero-order valence-electron chi connectivity index (χ0n) is 14.9. The summed E-state index contributed by atoms with van der Waals surface area (Å²) in [7, 11) is 0. The number of carbonyl (C=O) groups excluding carboxylic acids is 2. The second-order valence-corrected chi connectivity index (χ2v) is 6.66. The van der Waals surface area contributed by atoms with E-state index in [1.807, 2.05) is 45.9 Å². The zero-order chi connectivity index (χ0) is 17.2. The van der Waals surface area contributed by atoms with Crippen molar-refractivity contribution in [1.29, 1.82) is 0 Å². The van der Waals surface area contributed by atoms with Gasteiger partial charge in [0.25, 0.3) is 0 Å². The Morgan fingerprint density at radius 2 is 1.87 bits per heavy atom. The molecule has 0 aliphatic heterocycles. The molecule has 0 aromatic heterocycles. The summed E-state index contributed by atoms with van der Waals surface area (Å²) in [5.74, 6) is 0.0917. The van der Waals surface area contributed by atoms with Gasteiger partial charge < -0.3 is 10.1 Å². The maximum Gasteiger partial charge on any atom is 0.309 e. The minimum atomic E-state index is -0.192. The van der Waals surface area contributed by atoms with Crippen LogP contribution in [-0.4, -0.2) is 24.5 Å². The molecule has 1 aliphatic rings. The topological polar surface area (TPSA) is 55.4 Å². The summed E-state index contributed by atoms with van der Waals surface area (Å²) in [6.07, 6.45) is 11.1. The van der Waals surface area contributed by atoms with E-state index in [0.717, 1.165) is 25.7 Å². The number of allylic oxidation sites excluding steroid dienone is 1. The molecule has 2 unspecified atom stereocenters. The van der Waals surface area contributed by atoms with Crippen LogP contribution in [0, 0.1) is 17.8 Å². The highest BCUT2D eigenvalue weighted by Crippen LogP contribution is 2.28. The predicted octanol–water partition coefficient (Wildman–Crippen LogP) is 3.63. The molecule has 0 heterocycles. The van der Waals surface area contributed by atoms with Crippen molar-refractivity contribution in [3.63, 3.8) is 0 Å². The van der Waals surface area contributed by atoms with Crippen molar-refractivity contribution in [2.24, 2.45) is 17.8 Å². The molecule has 1 saturated carbocycles. The SMILES string of the molecule is C/C=C/CNC(=O)/C=C/C(C)C(OC(=O)C1CCCC1)C(C)C. The van der Waals surface area contributed by atoms with Crippen molar-refractivity contribution in [2.75, 3.05) is 6.54 Å². The summed E-state index contributed by atoms with van der Waals surface area (Å²) in [5, 5.41) is 2.77. The van der Waals surface area contributed by atoms with Gasteiger partial charge in [-0.1, -0.05) is 51.8 Å². The first-order valence-electron chi connectivity index (χ1n) is 8.73. The number of amides is 1. The van der Waals surface area contributed by atoms with Gasteiger partial charge in [-0.05, 0) is 31.8 Å².